The van der Waals surface area contributed by atoms with E-state index in [9.17, 15) is 9.59 Å². The van der Waals surface area contributed by atoms with Gasteiger partial charge in [-0.15, -0.1) is 0 Å². The van der Waals surface area contributed by atoms with Crippen LogP contribution in [-0.4, -0.2) is 11.9 Å². The van der Waals surface area contributed by atoms with E-state index in [-0.39, 0.29) is 24.3 Å². The molecule has 0 bridgehead atoms. The predicted octanol–water partition coefficient (Wildman–Crippen LogP) is 2.99. The molecule has 0 amide bonds. The maximum Gasteiger partial charge on any atom is 0.317 e. The first-order valence-electron chi connectivity index (χ1n) is 6.09. The predicted molar refractivity (Wildman–Crippen MR) is 61.7 cm³/mol. The van der Waals surface area contributed by atoms with E-state index in [1.54, 1.807) is 0 Å². The average molecular weight is 224 g/mol. The van der Waals surface area contributed by atoms with Crippen LogP contribution in [0.15, 0.2) is 12.2 Å². The highest BCUT2D eigenvalue weighted by atomic mass is 16.6. The number of ether oxygens (including phenoxy) is 1. The Morgan fingerprint density at radius 1 is 1.25 bits per heavy atom. The molecular formula is C13H20O3. The van der Waals surface area contributed by atoms with E-state index in [2.05, 4.69) is 16.9 Å². The lowest BCUT2D eigenvalue weighted by molar-refractivity contribution is -0.153. The number of carbonyl (C=O) groups excluding carboxylic acids is 2. The first-order valence-corrected chi connectivity index (χ1v) is 6.09. The van der Waals surface area contributed by atoms with E-state index < -0.39 is 0 Å². The van der Waals surface area contributed by atoms with Crippen LogP contribution in [0.2, 0.25) is 0 Å². The number of unbranched alkanes of at least 4 members (excludes halogenated alkanes) is 4. The lowest BCUT2D eigenvalue weighted by Gasteiger charge is -2.03. The fraction of sp³-hybridized carbons (Fsp3) is 0.692. The van der Waals surface area contributed by atoms with Crippen molar-refractivity contribution in [2.24, 2.45) is 5.92 Å². The van der Waals surface area contributed by atoms with Crippen molar-refractivity contribution in [2.45, 2.75) is 51.9 Å². The number of carbonyl (C=O) groups is 2. The molecule has 1 atom stereocenters. The van der Waals surface area contributed by atoms with Crippen LogP contribution >= 0.6 is 0 Å². The summed E-state index contributed by atoms with van der Waals surface area (Å²) in [6.45, 7) is 2.03. The maximum atomic E-state index is 11.1. The number of hydrogen-bond donors (Lipinski definition) is 0. The van der Waals surface area contributed by atoms with Gasteiger partial charge in [-0.1, -0.05) is 31.4 Å². The summed E-state index contributed by atoms with van der Waals surface area (Å²) in [6, 6.07) is 0. The van der Waals surface area contributed by atoms with Gasteiger partial charge < -0.3 is 4.74 Å². The number of cyclic esters (lactones) is 2. The van der Waals surface area contributed by atoms with Gasteiger partial charge in [-0.3, -0.25) is 9.59 Å². The highest BCUT2D eigenvalue weighted by Crippen LogP contribution is 2.22. The molecule has 0 aromatic rings. The normalized spacial score (nSPS) is 20.7. The monoisotopic (exact) mass is 224 g/mol. The number of esters is 2. The Hall–Kier alpha value is -1.12. The number of allylic oxidation sites excluding steroid dienone is 2. The second-order valence-electron chi connectivity index (χ2n) is 4.25. The SMILES string of the molecule is C/C=C/CCCCCCC1CC(=O)OC1=O. The van der Waals surface area contributed by atoms with Gasteiger partial charge in [0.2, 0.25) is 0 Å². The molecule has 0 saturated carbocycles. The van der Waals surface area contributed by atoms with Crippen LogP contribution in [0.25, 0.3) is 0 Å². The molecule has 0 aromatic carbocycles. The third-order valence-corrected chi connectivity index (χ3v) is 2.87. The molecule has 0 aliphatic carbocycles. The van der Waals surface area contributed by atoms with Crippen LogP contribution in [0.1, 0.15) is 51.9 Å². The summed E-state index contributed by atoms with van der Waals surface area (Å²) in [5.41, 5.74) is 0. The van der Waals surface area contributed by atoms with E-state index in [1.165, 1.54) is 12.8 Å². The Kier molecular flexibility index (Phi) is 5.83. The van der Waals surface area contributed by atoms with Crippen molar-refractivity contribution in [3.8, 4) is 0 Å². The molecule has 1 fully saturated rings. The van der Waals surface area contributed by atoms with E-state index in [1.807, 2.05) is 6.92 Å². The molecule has 1 saturated heterocycles. The van der Waals surface area contributed by atoms with Crippen LogP contribution < -0.4 is 0 Å². The van der Waals surface area contributed by atoms with E-state index in [4.69, 9.17) is 0 Å². The third-order valence-electron chi connectivity index (χ3n) is 2.87. The number of rotatable bonds is 7. The fourth-order valence-corrected chi connectivity index (χ4v) is 1.91. The Morgan fingerprint density at radius 2 is 2.00 bits per heavy atom. The molecule has 1 aliphatic rings. The summed E-state index contributed by atoms with van der Waals surface area (Å²) in [6.07, 6.45) is 11.0. The summed E-state index contributed by atoms with van der Waals surface area (Å²) in [7, 11) is 0. The number of hydrogen-bond acceptors (Lipinski definition) is 3. The van der Waals surface area contributed by atoms with Gasteiger partial charge in [0.15, 0.2) is 0 Å². The first-order chi connectivity index (χ1) is 7.74. The summed E-state index contributed by atoms with van der Waals surface area (Å²) in [4.78, 5) is 22.0. The molecule has 0 radical (unpaired) electrons. The van der Waals surface area contributed by atoms with E-state index in [0.29, 0.717) is 0 Å². The van der Waals surface area contributed by atoms with Crippen molar-refractivity contribution in [3.63, 3.8) is 0 Å². The molecule has 3 nitrogen and oxygen atoms in total. The molecule has 16 heavy (non-hydrogen) atoms. The maximum absolute atomic E-state index is 11.1. The third kappa shape index (κ3) is 4.60. The second-order valence-corrected chi connectivity index (χ2v) is 4.25. The van der Waals surface area contributed by atoms with Crippen molar-refractivity contribution < 1.29 is 14.3 Å². The van der Waals surface area contributed by atoms with Crippen LogP contribution in [0.3, 0.4) is 0 Å². The molecule has 3 heteroatoms. The Bertz CT molecular complexity index is 268. The van der Waals surface area contributed by atoms with Crippen molar-refractivity contribution in [1.82, 2.24) is 0 Å². The summed E-state index contributed by atoms with van der Waals surface area (Å²) >= 11 is 0. The van der Waals surface area contributed by atoms with E-state index >= 15 is 0 Å². The minimum Gasteiger partial charge on any atom is -0.393 e. The standard InChI is InChI=1S/C13H20O3/c1-2-3-4-5-6-7-8-9-11-10-12(14)16-13(11)15/h2-3,11H,4-10H2,1H3/b3-2+. The Balaban J connectivity index is 1.99. The molecule has 0 N–H and O–H groups in total. The smallest absolute Gasteiger partial charge is 0.317 e. The highest BCUT2D eigenvalue weighted by Gasteiger charge is 2.32. The average Bonchev–Trinajstić information content (AvgIpc) is 2.56. The van der Waals surface area contributed by atoms with Gasteiger partial charge in [-0.2, -0.15) is 0 Å². The van der Waals surface area contributed by atoms with Crippen LogP contribution in [0.4, 0.5) is 0 Å². The lowest BCUT2D eigenvalue weighted by atomic mass is 9.99. The molecule has 90 valence electrons. The molecule has 1 aliphatic heterocycles. The van der Waals surface area contributed by atoms with Crippen LogP contribution in [0, 0.1) is 5.92 Å². The molecule has 1 rings (SSSR count). The van der Waals surface area contributed by atoms with Gasteiger partial charge in [0.25, 0.3) is 0 Å². The van der Waals surface area contributed by atoms with Crippen molar-refractivity contribution in [3.05, 3.63) is 12.2 Å². The van der Waals surface area contributed by atoms with Gasteiger partial charge in [-0.25, -0.2) is 0 Å². The second kappa shape index (κ2) is 7.20. The molecular weight excluding hydrogens is 204 g/mol. The van der Waals surface area contributed by atoms with E-state index in [0.717, 1.165) is 25.7 Å². The minimum atomic E-state index is -0.358. The highest BCUT2D eigenvalue weighted by molar-refractivity contribution is 5.94. The van der Waals surface area contributed by atoms with Crippen molar-refractivity contribution in [1.29, 1.82) is 0 Å². The van der Waals surface area contributed by atoms with Crippen LogP contribution in [-0.2, 0) is 14.3 Å². The molecule has 0 spiro atoms. The fourth-order valence-electron chi connectivity index (χ4n) is 1.91. The minimum absolute atomic E-state index is 0.164. The molecule has 1 unspecified atom stereocenters. The quantitative estimate of drug-likeness (QED) is 0.289. The molecule has 1 heterocycles. The molecule has 0 aromatic heterocycles. The first kappa shape index (κ1) is 12.9. The van der Waals surface area contributed by atoms with Gasteiger partial charge in [-0.05, 0) is 26.2 Å². The largest absolute Gasteiger partial charge is 0.393 e. The zero-order valence-corrected chi connectivity index (χ0v) is 9.91. The summed E-state index contributed by atoms with van der Waals surface area (Å²) < 4.78 is 4.50. The van der Waals surface area contributed by atoms with Gasteiger partial charge in [0.05, 0.1) is 12.3 Å². The Labute approximate surface area is 96.9 Å². The Morgan fingerprint density at radius 3 is 2.62 bits per heavy atom. The van der Waals surface area contributed by atoms with Gasteiger partial charge >= 0.3 is 11.9 Å². The van der Waals surface area contributed by atoms with Crippen molar-refractivity contribution in [2.75, 3.05) is 0 Å². The van der Waals surface area contributed by atoms with Crippen LogP contribution in [0.5, 0.6) is 0 Å². The van der Waals surface area contributed by atoms with Gasteiger partial charge in [0, 0.05) is 0 Å². The topological polar surface area (TPSA) is 43.4 Å². The lowest BCUT2D eigenvalue weighted by Crippen LogP contribution is -2.06. The summed E-state index contributed by atoms with van der Waals surface area (Å²) in [5, 5.41) is 0. The van der Waals surface area contributed by atoms with Gasteiger partial charge in [0.1, 0.15) is 0 Å². The zero-order valence-electron chi connectivity index (χ0n) is 9.91. The van der Waals surface area contributed by atoms with Crippen molar-refractivity contribution >= 4 is 11.9 Å². The summed E-state index contributed by atoms with van der Waals surface area (Å²) in [5.74, 6) is -0.843. The zero-order chi connectivity index (χ0) is 11.8.